The van der Waals surface area contributed by atoms with Crippen LogP contribution in [0.25, 0.3) is 0 Å². The van der Waals surface area contributed by atoms with Crippen LogP contribution >= 0.6 is 11.3 Å². The van der Waals surface area contributed by atoms with E-state index in [1.165, 1.54) is 5.69 Å². The summed E-state index contributed by atoms with van der Waals surface area (Å²) in [7, 11) is 2.03. The van der Waals surface area contributed by atoms with Crippen molar-refractivity contribution >= 4 is 11.3 Å². The van der Waals surface area contributed by atoms with E-state index in [1.807, 2.05) is 11.7 Å². The molecule has 2 aromatic heterocycles. The van der Waals surface area contributed by atoms with E-state index in [0.717, 1.165) is 42.2 Å². The summed E-state index contributed by atoms with van der Waals surface area (Å²) < 4.78 is 2.00. The first-order chi connectivity index (χ1) is 9.63. The molecule has 4 nitrogen and oxygen atoms in total. The lowest BCUT2D eigenvalue weighted by atomic mass is 10.1. The molecule has 0 aliphatic carbocycles. The Balaban J connectivity index is 2.16. The highest BCUT2D eigenvalue weighted by molar-refractivity contribution is 7.09. The van der Waals surface area contributed by atoms with Gasteiger partial charge in [0, 0.05) is 24.5 Å². The van der Waals surface area contributed by atoms with Crippen LogP contribution in [0.2, 0.25) is 0 Å². The molecule has 5 heteroatoms. The Kier molecular flexibility index (Phi) is 5.31. The van der Waals surface area contributed by atoms with E-state index in [4.69, 9.17) is 0 Å². The van der Waals surface area contributed by atoms with Crippen LogP contribution in [0.15, 0.2) is 11.4 Å². The van der Waals surface area contributed by atoms with Crippen molar-refractivity contribution < 1.29 is 0 Å². The first-order valence-electron chi connectivity index (χ1n) is 7.31. The van der Waals surface area contributed by atoms with E-state index < -0.39 is 0 Å². The highest BCUT2D eigenvalue weighted by Crippen LogP contribution is 2.21. The highest BCUT2D eigenvalue weighted by atomic mass is 32.1. The smallest absolute Gasteiger partial charge is 0.0898 e. The van der Waals surface area contributed by atoms with Crippen molar-refractivity contribution in [3.63, 3.8) is 0 Å². The maximum absolute atomic E-state index is 4.64. The third-order valence-corrected chi connectivity index (χ3v) is 4.23. The molecule has 0 bridgehead atoms. The summed E-state index contributed by atoms with van der Waals surface area (Å²) >= 11 is 1.72. The molecule has 0 spiro atoms. The minimum Gasteiger partial charge on any atom is -0.308 e. The number of nitrogens with one attached hydrogen (secondary N) is 1. The minimum absolute atomic E-state index is 0.278. The molecule has 0 aliphatic rings. The zero-order valence-electron chi connectivity index (χ0n) is 12.8. The summed E-state index contributed by atoms with van der Waals surface area (Å²) in [6.07, 6.45) is 3.05. The van der Waals surface area contributed by atoms with Crippen molar-refractivity contribution in [1.82, 2.24) is 20.1 Å². The summed E-state index contributed by atoms with van der Waals surface area (Å²) in [5.41, 5.74) is 3.58. The van der Waals surface area contributed by atoms with Crippen molar-refractivity contribution in [2.45, 2.75) is 46.1 Å². The average molecular weight is 292 g/mol. The Hall–Kier alpha value is -1.20. The maximum atomic E-state index is 4.64. The normalized spacial score (nSPS) is 12.8. The predicted molar refractivity (Wildman–Crippen MR) is 84.2 cm³/mol. The monoisotopic (exact) mass is 292 g/mol. The molecule has 0 aromatic carbocycles. The lowest BCUT2D eigenvalue weighted by Gasteiger charge is -2.16. The summed E-state index contributed by atoms with van der Waals surface area (Å²) in [5, 5.41) is 11.4. The van der Waals surface area contributed by atoms with Crippen LogP contribution in [0, 0.1) is 6.92 Å². The van der Waals surface area contributed by atoms with Crippen molar-refractivity contribution in [2.75, 3.05) is 6.54 Å². The van der Waals surface area contributed by atoms with Gasteiger partial charge in [-0.2, -0.15) is 5.10 Å². The second-order valence-electron chi connectivity index (χ2n) is 5.11. The molecule has 1 atom stereocenters. The van der Waals surface area contributed by atoms with Gasteiger partial charge in [0.2, 0.25) is 0 Å². The molecule has 2 rings (SSSR count). The first-order valence-corrected chi connectivity index (χ1v) is 8.19. The number of thiazole rings is 1. The molecule has 1 N–H and O–H groups in total. The molecule has 20 heavy (non-hydrogen) atoms. The largest absolute Gasteiger partial charge is 0.308 e. The van der Waals surface area contributed by atoms with Gasteiger partial charge in [-0.3, -0.25) is 4.68 Å². The second kappa shape index (κ2) is 6.99. The van der Waals surface area contributed by atoms with Crippen LogP contribution in [0.5, 0.6) is 0 Å². The van der Waals surface area contributed by atoms with Crippen LogP contribution in [0.1, 0.15) is 48.4 Å². The van der Waals surface area contributed by atoms with Crippen LogP contribution in [0.4, 0.5) is 0 Å². The van der Waals surface area contributed by atoms with Crippen LogP contribution in [-0.2, 0) is 19.9 Å². The van der Waals surface area contributed by atoms with Crippen LogP contribution < -0.4 is 5.32 Å². The molecule has 0 amide bonds. The zero-order valence-corrected chi connectivity index (χ0v) is 13.6. The Bertz CT molecular complexity index is 544. The second-order valence-corrected chi connectivity index (χ2v) is 6.17. The van der Waals surface area contributed by atoms with Crippen LogP contribution in [0.3, 0.4) is 0 Å². The van der Waals surface area contributed by atoms with E-state index in [-0.39, 0.29) is 6.04 Å². The number of nitrogens with zero attached hydrogens (tertiary/aromatic N) is 3. The fraction of sp³-hybridized carbons (Fsp3) is 0.600. The fourth-order valence-corrected chi connectivity index (χ4v) is 2.95. The Labute approximate surface area is 125 Å². The molecule has 0 saturated heterocycles. The third kappa shape index (κ3) is 3.67. The number of hydrogen-bond acceptors (Lipinski definition) is 4. The lowest BCUT2D eigenvalue weighted by molar-refractivity contribution is 0.503. The highest BCUT2D eigenvalue weighted by Gasteiger charge is 2.17. The Morgan fingerprint density at radius 2 is 2.20 bits per heavy atom. The molecule has 110 valence electrons. The summed E-state index contributed by atoms with van der Waals surface area (Å²) in [4.78, 5) is 4.64. The number of aromatic nitrogens is 3. The van der Waals surface area contributed by atoms with Gasteiger partial charge < -0.3 is 5.32 Å². The molecule has 0 aliphatic heterocycles. The van der Waals surface area contributed by atoms with Crippen molar-refractivity contribution in [2.24, 2.45) is 7.05 Å². The molecule has 0 saturated carbocycles. The number of rotatable bonds is 7. The van der Waals surface area contributed by atoms with Crippen molar-refractivity contribution in [3.8, 4) is 0 Å². The lowest BCUT2D eigenvalue weighted by Crippen LogP contribution is -2.25. The summed E-state index contributed by atoms with van der Waals surface area (Å²) in [6.45, 7) is 7.41. The predicted octanol–water partition coefficient (Wildman–Crippen LogP) is 3.03. The van der Waals surface area contributed by atoms with Gasteiger partial charge in [0.1, 0.15) is 0 Å². The summed E-state index contributed by atoms with van der Waals surface area (Å²) in [5.74, 6) is 0. The molecule has 1 unspecified atom stereocenters. The van der Waals surface area contributed by atoms with Crippen molar-refractivity contribution in [1.29, 1.82) is 0 Å². The van der Waals surface area contributed by atoms with E-state index in [9.17, 15) is 0 Å². The molecular formula is C15H24N4S. The number of hydrogen-bond donors (Lipinski definition) is 1. The van der Waals surface area contributed by atoms with Gasteiger partial charge in [-0.15, -0.1) is 11.3 Å². The summed E-state index contributed by atoms with van der Waals surface area (Å²) in [6, 6.07) is 2.49. The maximum Gasteiger partial charge on any atom is 0.0898 e. The minimum atomic E-state index is 0.278. The molecule has 0 radical (unpaired) electrons. The first kappa shape index (κ1) is 15.2. The zero-order chi connectivity index (χ0) is 14.5. The van der Waals surface area contributed by atoms with E-state index in [1.54, 1.807) is 11.3 Å². The van der Waals surface area contributed by atoms with Crippen molar-refractivity contribution in [3.05, 3.63) is 33.5 Å². The standard InChI is InChI=1S/C15H24N4S/c1-5-7-16-14(15-10-20-11(3)17-15)9-13-8-12(6-2)18-19(13)4/h8,10,14,16H,5-7,9H2,1-4H3. The number of aryl methyl sites for hydroxylation is 3. The van der Waals surface area contributed by atoms with E-state index >= 15 is 0 Å². The quantitative estimate of drug-likeness (QED) is 0.853. The van der Waals surface area contributed by atoms with Gasteiger partial charge in [0.05, 0.1) is 22.4 Å². The molecular weight excluding hydrogens is 268 g/mol. The third-order valence-electron chi connectivity index (χ3n) is 3.44. The van der Waals surface area contributed by atoms with Gasteiger partial charge >= 0.3 is 0 Å². The van der Waals surface area contributed by atoms with Gasteiger partial charge in [-0.25, -0.2) is 4.98 Å². The fourth-order valence-electron chi connectivity index (χ4n) is 2.28. The molecule has 2 heterocycles. The van der Waals surface area contributed by atoms with Gasteiger partial charge in [-0.1, -0.05) is 13.8 Å². The van der Waals surface area contributed by atoms with E-state index in [2.05, 4.69) is 47.6 Å². The topological polar surface area (TPSA) is 42.7 Å². The molecule has 2 aromatic rings. The van der Waals surface area contributed by atoms with Crippen LogP contribution in [-0.4, -0.2) is 21.3 Å². The van der Waals surface area contributed by atoms with Gasteiger partial charge in [0.15, 0.2) is 0 Å². The SMILES string of the molecule is CCCNC(Cc1cc(CC)nn1C)c1csc(C)n1. The molecule has 0 fully saturated rings. The Morgan fingerprint density at radius 3 is 2.75 bits per heavy atom. The Morgan fingerprint density at radius 1 is 1.40 bits per heavy atom. The average Bonchev–Trinajstić information content (AvgIpc) is 3.01. The van der Waals surface area contributed by atoms with E-state index in [0.29, 0.717) is 0 Å². The van der Waals surface area contributed by atoms with Gasteiger partial charge in [-0.05, 0) is 32.4 Å². The van der Waals surface area contributed by atoms with Gasteiger partial charge in [0.25, 0.3) is 0 Å².